The van der Waals surface area contributed by atoms with E-state index in [9.17, 15) is 0 Å². The smallest absolute Gasteiger partial charge is 0.106 e. The fourth-order valence-electron chi connectivity index (χ4n) is 0.995. The summed E-state index contributed by atoms with van der Waals surface area (Å²) in [5.41, 5.74) is 1.25. The Morgan fingerprint density at radius 1 is 1.33 bits per heavy atom. The molecule has 64 valence electrons. The van der Waals surface area contributed by atoms with Crippen LogP contribution in [0.1, 0.15) is 18.4 Å². The van der Waals surface area contributed by atoms with Crippen molar-refractivity contribution in [3.8, 4) is 0 Å². The quantitative estimate of drug-likeness (QED) is 0.495. The van der Waals surface area contributed by atoms with E-state index in [1.54, 1.807) is 13.3 Å². The van der Waals surface area contributed by atoms with Crippen molar-refractivity contribution >= 4 is 6.21 Å². The highest BCUT2D eigenvalue weighted by Gasteiger charge is 1.99. The van der Waals surface area contributed by atoms with E-state index in [0.29, 0.717) is 5.92 Å². The zero-order chi connectivity index (χ0) is 8.81. The topological polar surface area (TPSA) is 21.6 Å². The van der Waals surface area contributed by atoms with Crippen molar-refractivity contribution in [1.82, 2.24) is 0 Å². The van der Waals surface area contributed by atoms with Gasteiger partial charge in [0.25, 0.3) is 0 Å². The molecule has 0 N–H and O–H groups in total. The van der Waals surface area contributed by atoms with Crippen molar-refractivity contribution in [2.45, 2.75) is 12.8 Å². The van der Waals surface area contributed by atoms with Crippen molar-refractivity contribution in [1.29, 1.82) is 0 Å². The Morgan fingerprint density at radius 3 is 2.58 bits per heavy atom. The van der Waals surface area contributed by atoms with Crippen LogP contribution in [0.4, 0.5) is 0 Å². The minimum Gasteiger partial charge on any atom is -0.399 e. The zero-order valence-corrected chi connectivity index (χ0v) is 7.40. The summed E-state index contributed by atoms with van der Waals surface area (Å²) in [6.07, 6.45) is 1.79. The molecule has 0 aliphatic heterocycles. The van der Waals surface area contributed by atoms with Crippen molar-refractivity contribution in [2.24, 2.45) is 5.16 Å². The molecule has 0 heterocycles. The van der Waals surface area contributed by atoms with Crippen LogP contribution in [0.25, 0.3) is 0 Å². The summed E-state index contributed by atoms with van der Waals surface area (Å²) in [7, 11) is 1.55. The van der Waals surface area contributed by atoms with E-state index in [1.165, 1.54) is 5.56 Å². The molecule has 1 aromatic rings. The first-order valence-electron chi connectivity index (χ1n) is 3.96. The molecule has 0 spiro atoms. The van der Waals surface area contributed by atoms with E-state index in [-0.39, 0.29) is 0 Å². The molecule has 0 bridgehead atoms. The van der Waals surface area contributed by atoms with Gasteiger partial charge in [-0.25, -0.2) is 0 Å². The van der Waals surface area contributed by atoms with Crippen molar-refractivity contribution in [2.75, 3.05) is 7.11 Å². The Kier molecular flexibility index (Phi) is 3.33. The minimum absolute atomic E-state index is 0.311. The molecule has 0 saturated carbocycles. The maximum atomic E-state index is 4.60. The first kappa shape index (κ1) is 8.78. The van der Waals surface area contributed by atoms with Crippen LogP contribution < -0.4 is 0 Å². The molecule has 0 fully saturated rings. The molecular formula is C10H13NO. The van der Waals surface area contributed by atoms with Gasteiger partial charge in [0.2, 0.25) is 0 Å². The molecular weight excluding hydrogens is 150 g/mol. The van der Waals surface area contributed by atoms with E-state index >= 15 is 0 Å². The predicted octanol–water partition coefficient (Wildman–Crippen LogP) is 2.42. The molecule has 1 unspecified atom stereocenters. The lowest BCUT2D eigenvalue weighted by atomic mass is 10.0. The van der Waals surface area contributed by atoms with E-state index in [2.05, 4.69) is 29.0 Å². The van der Waals surface area contributed by atoms with Crippen LogP contribution in [0.15, 0.2) is 35.5 Å². The van der Waals surface area contributed by atoms with E-state index in [4.69, 9.17) is 0 Å². The Balaban J connectivity index is 2.65. The van der Waals surface area contributed by atoms with E-state index in [0.717, 1.165) is 0 Å². The SMILES string of the molecule is CON=CC(C)c1ccccc1. The standard InChI is InChI=1S/C10H13NO/c1-9(8-11-12-2)10-6-4-3-5-7-10/h3-9H,1-2H3. The van der Waals surface area contributed by atoms with Crippen molar-refractivity contribution in [3.63, 3.8) is 0 Å². The lowest BCUT2D eigenvalue weighted by molar-refractivity contribution is 0.214. The van der Waals surface area contributed by atoms with Gasteiger partial charge < -0.3 is 4.84 Å². The maximum absolute atomic E-state index is 4.60. The third kappa shape index (κ3) is 2.38. The molecule has 1 rings (SSSR count). The van der Waals surface area contributed by atoms with Crippen LogP contribution in [-0.2, 0) is 4.84 Å². The molecule has 0 aliphatic carbocycles. The van der Waals surface area contributed by atoms with Gasteiger partial charge in [-0.2, -0.15) is 0 Å². The average molecular weight is 163 g/mol. The highest BCUT2D eigenvalue weighted by molar-refractivity contribution is 5.66. The molecule has 2 heteroatoms. The number of oxime groups is 1. The molecule has 0 aromatic heterocycles. The highest BCUT2D eigenvalue weighted by atomic mass is 16.6. The predicted molar refractivity (Wildman–Crippen MR) is 50.4 cm³/mol. The average Bonchev–Trinajstić information content (AvgIpc) is 2.15. The molecule has 1 atom stereocenters. The minimum atomic E-state index is 0.311. The number of rotatable bonds is 3. The molecule has 2 nitrogen and oxygen atoms in total. The lowest BCUT2D eigenvalue weighted by Crippen LogP contribution is -1.93. The number of nitrogens with zero attached hydrogens (tertiary/aromatic N) is 1. The summed E-state index contributed by atoms with van der Waals surface area (Å²) in [6.45, 7) is 2.08. The Morgan fingerprint density at radius 2 is 2.00 bits per heavy atom. The van der Waals surface area contributed by atoms with Gasteiger partial charge in [0.05, 0.1) is 6.21 Å². The first-order valence-corrected chi connectivity index (χ1v) is 3.96. The third-order valence-corrected chi connectivity index (χ3v) is 1.72. The summed E-state index contributed by atoms with van der Waals surface area (Å²) in [5.74, 6) is 0.311. The van der Waals surface area contributed by atoms with Crippen molar-refractivity contribution < 1.29 is 4.84 Å². The van der Waals surface area contributed by atoms with Gasteiger partial charge >= 0.3 is 0 Å². The summed E-state index contributed by atoms with van der Waals surface area (Å²) in [5, 5.41) is 3.72. The fraction of sp³-hybridized carbons (Fsp3) is 0.300. The Hall–Kier alpha value is -1.31. The monoisotopic (exact) mass is 163 g/mol. The Labute approximate surface area is 72.9 Å². The van der Waals surface area contributed by atoms with Crippen LogP contribution in [0.3, 0.4) is 0 Å². The van der Waals surface area contributed by atoms with Crippen LogP contribution in [0, 0.1) is 0 Å². The van der Waals surface area contributed by atoms with Crippen LogP contribution in [-0.4, -0.2) is 13.3 Å². The van der Waals surface area contributed by atoms with Gasteiger partial charge in [0.15, 0.2) is 0 Å². The second-order valence-corrected chi connectivity index (χ2v) is 2.64. The van der Waals surface area contributed by atoms with Gasteiger partial charge in [-0.15, -0.1) is 0 Å². The van der Waals surface area contributed by atoms with Crippen LogP contribution in [0.5, 0.6) is 0 Å². The van der Waals surface area contributed by atoms with Gasteiger partial charge in [0, 0.05) is 5.92 Å². The van der Waals surface area contributed by atoms with Gasteiger partial charge in [-0.1, -0.05) is 42.4 Å². The van der Waals surface area contributed by atoms with Crippen LogP contribution in [0.2, 0.25) is 0 Å². The summed E-state index contributed by atoms with van der Waals surface area (Å²) >= 11 is 0. The summed E-state index contributed by atoms with van der Waals surface area (Å²) in [6, 6.07) is 10.2. The number of benzene rings is 1. The van der Waals surface area contributed by atoms with E-state index < -0.39 is 0 Å². The first-order chi connectivity index (χ1) is 5.84. The number of hydrogen-bond acceptors (Lipinski definition) is 2. The molecule has 0 radical (unpaired) electrons. The second-order valence-electron chi connectivity index (χ2n) is 2.64. The van der Waals surface area contributed by atoms with Gasteiger partial charge in [-0.3, -0.25) is 0 Å². The molecule has 0 saturated heterocycles. The summed E-state index contributed by atoms with van der Waals surface area (Å²) < 4.78 is 0. The fourth-order valence-corrected chi connectivity index (χ4v) is 0.995. The molecule has 0 aliphatic rings. The lowest BCUT2D eigenvalue weighted by Gasteiger charge is -2.03. The Bertz CT molecular complexity index is 243. The molecule has 1 aromatic carbocycles. The largest absolute Gasteiger partial charge is 0.399 e. The third-order valence-electron chi connectivity index (χ3n) is 1.72. The second kappa shape index (κ2) is 4.54. The normalized spacial score (nSPS) is 13.2. The summed E-state index contributed by atoms with van der Waals surface area (Å²) in [4.78, 5) is 4.60. The zero-order valence-electron chi connectivity index (χ0n) is 7.40. The van der Waals surface area contributed by atoms with E-state index in [1.807, 2.05) is 18.2 Å². The molecule has 0 amide bonds. The van der Waals surface area contributed by atoms with Crippen LogP contribution >= 0.6 is 0 Å². The highest BCUT2D eigenvalue weighted by Crippen LogP contribution is 2.11. The van der Waals surface area contributed by atoms with Crippen molar-refractivity contribution in [3.05, 3.63) is 35.9 Å². The van der Waals surface area contributed by atoms with Gasteiger partial charge in [0.1, 0.15) is 7.11 Å². The molecule has 12 heavy (non-hydrogen) atoms. The van der Waals surface area contributed by atoms with Gasteiger partial charge in [-0.05, 0) is 5.56 Å². The maximum Gasteiger partial charge on any atom is 0.106 e. The number of hydrogen-bond donors (Lipinski definition) is 0.